The summed E-state index contributed by atoms with van der Waals surface area (Å²) in [6.07, 6.45) is 6.43. The van der Waals surface area contributed by atoms with Crippen molar-refractivity contribution in [1.29, 1.82) is 0 Å². The molecule has 1 fully saturated rings. The van der Waals surface area contributed by atoms with Crippen molar-refractivity contribution in [2.75, 3.05) is 26.7 Å². The quantitative estimate of drug-likeness (QED) is 0.826. The molecule has 25 heavy (non-hydrogen) atoms. The summed E-state index contributed by atoms with van der Waals surface area (Å²) >= 11 is 0. The van der Waals surface area contributed by atoms with Crippen LogP contribution in [-0.4, -0.2) is 54.2 Å². The number of fused-ring (bicyclic) bond motifs is 1. The zero-order chi connectivity index (χ0) is 17.8. The summed E-state index contributed by atoms with van der Waals surface area (Å²) in [7, 11) is 2.12. The van der Waals surface area contributed by atoms with Gasteiger partial charge in [0.25, 0.3) is 0 Å². The Kier molecular flexibility index (Phi) is 5.89. The average Bonchev–Trinajstić information content (AvgIpc) is 2.62. The van der Waals surface area contributed by atoms with Crippen molar-refractivity contribution in [3.63, 3.8) is 0 Å². The summed E-state index contributed by atoms with van der Waals surface area (Å²) in [5, 5.41) is 0. The minimum Gasteiger partial charge on any atom is -0.338 e. The topological polar surface area (TPSA) is 40.6 Å². The molecule has 1 saturated heterocycles. The summed E-state index contributed by atoms with van der Waals surface area (Å²) in [5.74, 6) is 0.481. The van der Waals surface area contributed by atoms with Crippen molar-refractivity contribution >= 4 is 11.7 Å². The van der Waals surface area contributed by atoms with Crippen molar-refractivity contribution in [1.82, 2.24) is 9.80 Å². The molecule has 1 aromatic carbocycles. The van der Waals surface area contributed by atoms with E-state index in [1.807, 2.05) is 12.1 Å². The Morgan fingerprint density at radius 3 is 2.88 bits per heavy atom. The monoisotopic (exact) mass is 342 g/mol. The molecule has 1 aliphatic heterocycles. The van der Waals surface area contributed by atoms with E-state index < -0.39 is 0 Å². The highest BCUT2D eigenvalue weighted by atomic mass is 16.2. The predicted octanol–water partition coefficient (Wildman–Crippen LogP) is 3.08. The Hall–Kier alpha value is -1.68. The summed E-state index contributed by atoms with van der Waals surface area (Å²) in [4.78, 5) is 29.3. The van der Waals surface area contributed by atoms with Gasteiger partial charge in [0.1, 0.15) is 0 Å². The lowest BCUT2D eigenvalue weighted by Crippen LogP contribution is -2.49. The third kappa shape index (κ3) is 4.30. The fraction of sp³-hybridized carbons (Fsp3) is 0.619. The third-order valence-corrected chi connectivity index (χ3v) is 5.69. The van der Waals surface area contributed by atoms with Gasteiger partial charge in [-0.3, -0.25) is 9.59 Å². The van der Waals surface area contributed by atoms with E-state index >= 15 is 0 Å². The van der Waals surface area contributed by atoms with Crippen LogP contribution >= 0.6 is 0 Å². The zero-order valence-corrected chi connectivity index (χ0v) is 15.6. The van der Waals surface area contributed by atoms with Gasteiger partial charge in [0.05, 0.1) is 6.42 Å². The Balaban J connectivity index is 1.69. The number of hydrogen-bond acceptors (Lipinski definition) is 3. The summed E-state index contributed by atoms with van der Waals surface area (Å²) in [6.45, 7) is 5.01. The number of rotatable bonds is 5. The number of likely N-dealkylation sites (N-methyl/N-ethyl adjacent to an activating group) is 1. The first-order valence-corrected chi connectivity index (χ1v) is 9.71. The van der Waals surface area contributed by atoms with Gasteiger partial charge < -0.3 is 9.80 Å². The maximum Gasteiger partial charge on any atom is 0.227 e. The van der Waals surface area contributed by atoms with Gasteiger partial charge in [-0.05, 0) is 56.8 Å². The second-order valence-electron chi connectivity index (χ2n) is 7.54. The first-order chi connectivity index (χ1) is 12.1. The Labute approximate surface area is 151 Å². The first kappa shape index (κ1) is 18.1. The minimum atomic E-state index is 0.233. The number of ketones is 1. The summed E-state index contributed by atoms with van der Waals surface area (Å²) in [6, 6.07) is 6.32. The largest absolute Gasteiger partial charge is 0.338 e. The van der Waals surface area contributed by atoms with Crippen LogP contribution in [0, 0.1) is 0 Å². The van der Waals surface area contributed by atoms with Crippen molar-refractivity contribution < 1.29 is 9.59 Å². The molecule has 1 aliphatic carbocycles. The first-order valence-electron chi connectivity index (χ1n) is 9.71. The smallest absolute Gasteiger partial charge is 0.227 e. The van der Waals surface area contributed by atoms with Crippen LogP contribution in [0.5, 0.6) is 0 Å². The van der Waals surface area contributed by atoms with E-state index in [-0.39, 0.29) is 11.7 Å². The molecule has 4 nitrogen and oxygen atoms in total. The van der Waals surface area contributed by atoms with Crippen LogP contribution in [0.3, 0.4) is 0 Å². The van der Waals surface area contributed by atoms with Gasteiger partial charge in [0, 0.05) is 31.1 Å². The van der Waals surface area contributed by atoms with Crippen LogP contribution in [-0.2, 0) is 17.6 Å². The van der Waals surface area contributed by atoms with E-state index in [1.165, 1.54) is 6.42 Å². The van der Waals surface area contributed by atoms with Gasteiger partial charge >= 0.3 is 0 Å². The molecule has 3 rings (SSSR count). The lowest BCUT2D eigenvalue weighted by Gasteiger charge is -2.38. The highest BCUT2D eigenvalue weighted by Gasteiger charge is 2.27. The van der Waals surface area contributed by atoms with Crippen LogP contribution in [0.4, 0.5) is 0 Å². The molecule has 1 unspecified atom stereocenters. The maximum atomic E-state index is 12.9. The molecule has 136 valence electrons. The lowest BCUT2D eigenvalue weighted by atomic mass is 9.89. The highest BCUT2D eigenvalue weighted by Crippen LogP contribution is 2.24. The normalized spacial score (nSPS) is 20.7. The van der Waals surface area contributed by atoms with Gasteiger partial charge in [-0.15, -0.1) is 0 Å². The van der Waals surface area contributed by atoms with E-state index in [0.717, 1.165) is 62.0 Å². The molecule has 0 saturated carbocycles. The molecule has 1 heterocycles. The van der Waals surface area contributed by atoms with Crippen LogP contribution < -0.4 is 0 Å². The maximum absolute atomic E-state index is 12.9. The summed E-state index contributed by atoms with van der Waals surface area (Å²) < 4.78 is 0. The second-order valence-corrected chi connectivity index (χ2v) is 7.54. The van der Waals surface area contributed by atoms with Gasteiger partial charge in [-0.2, -0.15) is 0 Å². The fourth-order valence-corrected chi connectivity index (χ4v) is 4.09. The minimum absolute atomic E-state index is 0.233. The van der Waals surface area contributed by atoms with E-state index in [9.17, 15) is 9.59 Å². The van der Waals surface area contributed by atoms with Gasteiger partial charge in [0.15, 0.2) is 5.78 Å². The number of nitrogens with zero attached hydrogens (tertiary/aromatic N) is 2. The molecule has 4 heteroatoms. The Bertz CT molecular complexity index is 641. The van der Waals surface area contributed by atoms with E-state index in [0.29, 0.717) is 18.9 Å². The SMILES string of the molecule is CCN(C)CC1CCCCN1C(=O)Cc1ccc2c(c1)CCCC2=O. The van der Waals surface area contributed by atoms with E-state index in [4.69, 9.17) is 0 Å². The summed E-state index contributed by atoms with van der Waals surface area (Å²) in [5.41, 5.74) is 3.04. The van der Waals surface area contributed by atoms with Crippen LogP contribution in [0.15, 0.2) is 18.2 Å². The zero-order valence-electron chi connectivity index (χ0n) is 15.6. The molecule has 0 N–H and O–H groups in total. The number of benzene rings is 1. The van der Waals surface area contributed by atoms with E-state index in [2.05, 4.69) is 29.8 Å². The molecule has 2 aliphatic rings. The molecule has 1 aromatic rings. The Morgan fingerprint density at radius 1 is 1.24 bits per heavy atom. The molecule has 0 aromatic heterocycles. The predicted molar refractivity (Wildman–Crippen MR) is 99.9 cm³/mol. The van der Waals surface area contributed by atoms with Crippen molar-refractivity contribution in [2.45, 2.75) is 57.9 Å². The van der Waals surface area contributed by atoms with Gasteiger partial charge in [-0.1, -0.05) is 25.1 Å². The standard InChI is InChI=1S/C21H30N2O2/c1-3-22(2)15-18-8-4-5-12-23(18)21(25)14-16-10-11-19-17(13-16)7-6-9-20(19)24/h10-11,13,18H,3-9,12,14-15H2,1-2H3. The van der Waals surface area contributed by atoms with Crippen LogP contribution in [0.2, 0.25) is 0 Å². The van der Waals surface area contributed by atoms with Crippen LogP contribution in [0.1, 0.15) is 60.5 Å². The number of piperidine rings is 1. The number of carbonyl (C=O) groups is 2. The molecule has 1 amide bonds. The number of Topliss-reactive ketones (excluding diaryl/α,β-unsaturated/α-hetero) is 1. The number of hydrogen-bond donors (Lipinski definition) is 0. The van der Waals surface area contributed by atoms with E-state index in [1.54, 1.807) is 0 Å². The molecule has 0 bridgehead atoms. The van der Waals surface area contributed by atoms with Gasteiger partial charge in [-0.25, -0.2) is 0 Å². The molecular weight excluding hydrogens is 312 g/mol. The molecule has 1 atom stereocenters. The average molecular weight is 342 g/mol. The molecule has 0 radical (unpaired) electrons. The van der Waals surface area contributed by atoms with Crippen molar-refractivity contribution in [3.8, 4) is 0 Å². The molecular formula is C21H30N2O2. The molecule has 0 spiro atoms. The van der Waals surface area contributed by atoms with Crippen LogP contribution in [0.25, 0.3) is 0 Å². The third-order valence-electron chi connectivity index (χ3n) is 5.69. The number of amides is 1. The van der Waals surface area contributed by atoms with Gasteiger partial charge in [0.2, 0.25) is 5.91 Å². The second kappa shape index (κ2) is 8.13. The number of aryl methyl sites for hydroxylation is 1. The Morgan fingerprint density at radius 2 is 2.08 bits per heavy atom. The fourth-order valence-electron chi connectivity index (χ4n) is 4.09. The number of carbonyl (C=O) groups excluding carboxylic acids is 2. The highest BCUT2D eigenvalue weighted by molar-refractivity contribution is 5.98. The van der Waals surface area contributed by atoms with Crippen molar-refractivity contribution in [2.24, 2.45) is 0 Å². The lowest BCUT2D eigenvalue weighted by molar-refractivity contribution is -0.134. The number of likely N-dealkylation sites (tertiary alicyclic amines) is 1. The van der Waals surface area contributed by atoms with Crippen molar-refractivity contribution in [3.05, 3.63) is 34.9 Å².